The number of aromatic nitrogens is 2. The van der Waals surface area contributed by atoms with Gasteiger partial charge in [0.15, 0.2) is 0 Å². The van der Waals surface area contributed by atoms with Crippen molar-refractivity contribution in [1.82, 2.24) is 9.78 Å². The highest BCUT2D eigenvalue weighted by Crippen LogP contribution is 2.31. The maximum absolute atomic E-state index is 6.05. The van der Waals surface area contributed by atoms with E-state index in [9.17, 15) is 0 Å². The smallest absolute Gasteiger partial charge is 0.147 e. The molecule has 0 atom stereocenters. The van der Waals surface area contributed by atoms with Gasteiger partial charge in [0.25, 0.3) is 0 Å². The molecule has 1 heterocycles. The summed E-state index contributed by atoms with van der Waals surface area (Å²) >= 11 is 0. The van der Waals surface area contributed by atoms with Gasteiger partial charge in [-0.05, 0) is 38.5 Å². The van der Waals surface area contributed by atoms with Crippen molar-refractivity contribution in [1.29, 1.82) is 0 Å². The van der Waals surface area contributed by atoms with Crippen LogP contribution in [0.1, 0.15) is 51.1 Å². The van der Waals surface area contributed by atoms with E-state index in [0.29, 0.717) is 6.04 Å². The lowest BCUT2D eigenvalue weighted by molar-refractivity contribution is 0.318. The van der Waals surface area contributed by atoms with Crippen molar-refractivity contribution in [3.63, 3.8) is 0 Å². The first-order valence-corrected chi connectivity index (χ1v) is 7.17. The number of aryl methyl sites for hydroxylation is 2. The molecule has 0 amide bonds. The second kappa shape index (κ2) is 5.63. The Kier molecular flexibility index (Phi) is 4.15. The summed E-state index contributed by atoms with van der Waals surface area (Å²) < 4.78 is 1.86. The highest BCUT2D eigenvalue weighted by Gasteiger charge is 2.22. The second-order valence-corrected chi connectivity index (χ2v) is 5.62. The highest BCUT2D eigenvalue weighted by atomic mass is 15.3. The topological polar surface area (TPSA) is 55.9 Å². The number of hydrogen-bond acceptors (Lipinski definition) is 3. The van der Waals surface area contributed by atoms with Crippen molar-refractivity contribution in [2.45, 2.75) is 58.4 Å². The largest absolute Gasteiger partial charge is 0.394 e. The van der Waals surface area contributed by atoms with Crippen molar-refractivity contribution in [2.24, 2.45) is 13.0 Å². The standard InChI is InChI=1S/C14H26N4/c1-4-5-11-6-8-12(9-7-11)16-14-13(15)10(2)17-18(14)3/h11-12,16H,4-9,15H2,1-3H3. The van der Waals surface area contributed by atoms with Crippen LogP contribution in [-0.4, -0.2) is 15.8 Å². The Morgan fingerprint density at radius 1 is 1.33 bits per heavy atom. The van der Waals surface area contributed by atoms with Crippen LogP contribution in [0.2, 0.25) is 0 Å². The molecule has 0 unspecified atom stereocenters. The molecule has 1 aliphatic carbocycles. The summed E-state index contributed by atoms with van der Waals surface area (Å²) in [5.74, 6) is 1.94. The monoisotopic (exact) mass is 250 g/mol. The number of anilines is 2. The predicted octanol–water partition coefficient (Wildman–Crippen LogP) is 3.08. The van der Waals surface area contributed by atoms with Crippen LogP contribution < -0.4 is 11.1 Å². The lowest BCUT2D eigenvalue weighted by Crippen LogP contribution is -2.27. The van der Waals surface area contributed by atoms with E-state index in [4.69, 9.17) is 5.73 Å². The van der Waals surface area contributed by atoms with E-state index < -0.39 is 0 Å². The molecule has 1 saturated carbocycles. The van der Waals surface area contributed by atoms with Crippen molar-refractivity contribution >= 4 is 11.5 Å². The molecule has 3 N–H and O–H groups in total. The number of nitrogen functional groups attached to an aromatic ring is 1. The zero-order valence-corrected chi connectivity index (χ0v) is 11.9. The van der Waals surface area contributed by atoms with E-state index in [2.05, 4.69) is 17.3 Å². The van der Waals surface area contributed by atoms with E-state index >= 15 is 0 Å². The van der Waals surface area contributed by atoms with Gasteiger partial charge in [-0.2, -0.15) is 5.10 Å². The van der Waals surface area contributed by atoms with Crippen molar-refractivity contribution in [3.8, 4) is 0 Å². The molecule has 1 aromatic rings. The molecule has 0 aliphatic heterocycles. The lowest BCUT2D eigenvalue weighted by Gasteiger charge is -2.29. The molecule has 1 fully saturated rings. The Bertz CT molecular complexity index is 389. The number of rotatable bonds is 4. The van der Waals surface area contributed by atoms with Gasteiger partial charge in [-0.3, -0.25) is 4.68 Å². The van der Waals surface area contributed by atoms with Crippen LogP contribution in [0.5, 0.6) is 0 Å². The first kappa shape index (κ1) is 13.2. The molecular weight excluding hydrogens is 224 g/mol. The molecule has 1 aliphatic rings. The third kappa shape index (κ3) is 2.79. The minimum atomic E-state index is 0.565. The van der Waals surface area contributed by atoms with Gasteiger partial charge in [-0.25, -0.2) is 0 Å². The Morgan fingerprint density at radius 2 is 2.00 bits per heavy atom. The molecule has 1 aromatic heterocycles. The van der Waals surface area contributed by atoms with Crippen LogP contribution in [-0.2, 0) is 7.05 Å². The average molecular weight is 250 g/mol. The van der Waals surface area contributed by atoms with Crippen molar-refractivity contribution in [2.75, 3.05) is 11.1 Å². The number of nitrogens with two attached hydrogens (primary N) is 1. The van der Waals surface area contributed by atoms with E-state index in [1.165, 1.54) is 38.5 Å². The molecule has 0 aromatic carbocycles. The van der Waals surface area contributed by atoms with Gasteiger partial charge >= 0.3 is 0 Å². The Labute approximate surface area is 110 Å². The van der Waals surface area contributed by atoms with E-state index in [0.717, 1.165) is 23.1 Å². The molecule has 18 heavy (non-hydrogen) atoms. The number of nitrogens with one attached hydrogen (secondary N) is 1. The summed E-state index contributed by atoms with van der Waals surface area (Å²) in [5.41, 5.74) is 7.77. The summed E-state index contributed by atoms with van der Waals surface area (Å²) in [6.45, 7) is 4.24. The minimum Gasteiger partial charge on any atom is -0.394 e. The summed E-state index contributed by atoms with van der Waals surface area (Å²) in [6, 6.07) is 0.565. The van der Waals surface area contributed by atoms with E-state index in [1.807, 2.05) is 18.7 Å². The zero-order chi connectivity index (χ0) is 13.1. The molecule has 102 valence electrons. The first-order chi connectivity index (χ1) is 8.61. The van der Waals surface area contributed by atoms with Gasteiger partial charge in [-0.1, -0.05) is 19.8 Å². The van der Waals surface area contributed by atoms with Crippen LogP contribution >= 0.6 is 0 Å². The van der Waals surface area contributed by atoms with Gasteiger partial charge in [0, 0.05) is 13.1 Å². The summed E-state index contributed by atoms with van der Waals surface area (Å²) in [4.78, 5) is 0. The molecule has 0 spiro atoms. The normalized spacial score (nSPS) is 24.2. The molecular formula is C14H26N4. The molecule has 0 saturated heterocycles. The van der Waals surface area contributed by atoms with Gasteiger partial charge < -0.3 is 11.1 Å². The first-order valence-electron chi connectivity index (χ1n) is 7.17. The third-order valence-corrected chi connectivity index (χ3v) is 4.15. The van der Waals surface area contributed by atoms with Crippen LogP contribution in [0.25, 0.3) is 0 Å². The van der Waals surface area contributed by atoms with Gasteiger partial charge in [0.05, 0.1) is 11.4 Å². The Balaban J connectivity index is 1.91. The maximum atomic E-state index is 6.05. The fourth-order valence-electron chi connectivity index (χ4n) is 3.04. The van der Waals surface area contributed by atoms with Gasteiger partial charge in [0.1, 0.15) is 5.82 Å². The van der Waals surface area contributed by atoms with Crippen LogP contribution in [0.3, 0.4) is 0 Å². The SMILES string of the molecule is CCCC1CCC(Nc2c(N)c(C)nn2C)CC1. The molecule has 2 rings (SSSR count). The zero-order valence-electron chi connectivity index (χ0n) is 11.9. The van der Waals surface area contributed by atoms with Crippen LogP contribution in [0, 0.1) is 12.8 Å². The van der Waals surface area contributed by atoms with Gasteiger partial charge in [-0.15, -0.1) is 0 Å². The van der Waals surface area contributed by atoms with Crippen LogP contribution in [0.15, 0.2) is 0 Å². The summed E-state index contributed by atoms with van der Waals surface area (Å²) in [7, 11) is 1.95. The molecule has 4 nitrogen and oxygen atoms in total. The minimum absolute atomic E-state index is 0.565. The summed E-state index contributed by atoms with van der Waals surface area (Å²) in [5, 5.41) is 7.93. The van der Waals surface area contributed by atoms with Crippen molar-refractivity contribution < 1.29 is 0 Å². The quantitative estimate of drug-likeness (QED) is 0.863. The number of nitrogens with zero attached hydrogens (tertiary/aromatic N) is 2. The van der Waals surface area contributed by atoms with Crippen molar-refractivity contribution in [3.05, 3.63) is 5.69 Å². The fraction of sp³-hybridized carbons (Fsp3) is 0.786. The Hall–Kier alpha value is -1.19. The number of hydrogen-bond donors (Lipinski definition) is 2. The third-order valence-electron chi connectivity index (χ3n) is 4.15. The predicted molar refractivity (Wildman–Crippen MR) is 76.6 cm³/mol. The van der Waals surface area contributed by atoms with Crippen LogP contribution in [0.4, 0.5) is 11.5 Å². The van der Waals surface area contributed by atoms with E-state index in [1.54, 1.807) is 0 Å². The van der Waals surface area contributed by atoms with E-state index in [-0.39, 0.29) is 0 Å². The fourth-order valence-corrected chi connectivity index (χ4v) is 3.04. The van der Waals surface area contributed by atoms with Gasteiger partial charge in [0.2, 0.25) is 0 Å². The summed E-state index contributed by atoms with van der Waals surface area (Å²) in [6.07, 6.45) is 7.92. The average Bonchev–Trinajstić information content (AvgIpc) is 2.59. The second-order valence-electron chi connectivity index (χ2n) is 5.62. The molecule has 0 bridgehead atoms. The molecule has 0 radical (unpaired) electrons. The Morgan fingerprint density at radius 3 is 2.50 bits per heavy atom. The highest BCUT2D eigenvalue weighted by molar-refractivity contribution is 5.64. The maximum Gasteiger partial charge on any atom is 0.147 e. The lowest BCUT2D eigenvalue weighted by atomic mass is 9.83. The molecule has 4 heteroatoms.